The Morgan fingerprint density at radius 1 is 1.07 bits per heavy atom. The summed E-state index contributed by atoms with van der Waals surface area (Å²) in [4.78, 5) is 7.03. The maximum Gasteiger partial charge on any atom is 0.218 e. The van der Waals surface area contributed by atoms with Gasteiger partial charge in [-0.2, -0.15) is 0 Å². The zero-order valence-corrected chi connectivity index (χ0v) is 15.3. The molecule has 2 heterocycles. The number of halogens is 1. The number of benzene rings is 2. The molecule has 0 atom stereocenters. The average molecular weight is 383 g/mol. The van der Waals surface area contributed by atoms with E-state index in [1.54, 1.807) is 6.07 Å². The van der Waals surface area contributed by atoms with Crippen LogP contribution in [0.3, 0.4) is 0 Å². The first-order valence-corrected chi connectivity index (χ1v) is 9.03. The normalized spacial score (nSPS) is 15.0. The number of anilines is 1. The quantitative estimate of drug-likeness (QED) is 0.514. The molecule has 3 aromatic rings. The molecule has 1 fully saturated rings. The van der Waals surface area contributed by atoms with E-state index in [2.05, 4.69) is 32.2 Å². The van der Waals surface area contributed by atoms with Gasteiger partial charge in [-0.3, -0.25) is 0 Å². The molecular formula is C19H18FN5OS. The minimum Gasteiger partial charge on any atom is -0.493 e. The molecule has 4 rings (SSSR count). The van der Waals surface area contributed by atoms with Crippen molar-refractivity contribution in [1.29, 1.82) is 0 Å². The Bertz CT molecular complexity index is 996. The minimum absolute atomic E-state index is 0.156. The smallest absolute Gasteiger partial charge is 0.218 e. The van der Waals surface area contributed by atoms with Gasteiger partial charge in [-0.1, -0.05) is 18.2 Å². The highest BCUT2D eigenvalue weighted by Gasteiger charge is 2.19. The first-order chi connectivity index (χ1) is 13.1. The molecule has 27 heavy (non-hydrogen) atoms. The molecule has 0 radical (unpaired) electrons. The Kier molecular flexibility index (Phi) is 4.72. The molecule has 0 unspecified atom stereocenters. The number of aromatic nitrogens is 1. The number of H-pyrrole nitrogens is 1. The summed E-state index contributed by atoms with van der Waals surface area (Å²) < 4.78 is 13.5. The second-order valence-electron chi connectivity index (χ2n) is 6.30. The number of azo groups is 1. The highest BCUT2D eigenvalue weighted by Crippen LogP contribution is 2.35. The zero-order valence-electron chi connectivity index (χ0n) is 14.5. The number of rotatable bonds is 2. The fraction of sp³-hybridized carbons (Fsp3) is 0.211. The number of para-hydroxylation sites is 1. The SMILES string of the molecule is Oc1[nH]c2ccc(F)cc2c1N=NC(=S)N1CCN(c2ccccc2)CC1. The number of hydrogen-bond donors (Lipinski definition) is 2. The van der Waals surface area contributed by atoms with Crippen LogP contribution in [0.2, 0.25) is 0 Å². The van der Waals surface area contributed by atoms with E-state index < -0.39 is 5.82 Å². The van der Waals surface area contributed by atoms with Gasteiger partial charge in [0, 0.05) is 37.3 Å². The molecule has 0 bridgehead atoms. The summed E-state index contributed by atoms with van der Waals surface area (Å²) in [5, 5.41) is 19.0. The molecule has 2 aromatic carbocycles. The summed E-state index contributed by atoms with van der Waals surface area (Å²) in [7, 11) is 0. The standard InChI is InChI=1S/C19H18FN5OS/c20-13-6-7-16-15(12-13)17(18(26)21-16)22-23-19(27)25-10-8-24(9-11-25)14-4-2-1-3-5-14/h1-7,12,21,26H,8-11H2. The molecule has 1 aromatic heterocycles. The Balaban J connectivity index is 1.44. The maximum absolute atomic E-state index is 13.5. The second kappa shape index (κ2) is 7.32. The van der Waals surface area contributed by atoms with Crippen molar-refractivity contribution in [2.75, 3.05) is 31.1 Å². The van der Waals surface area contributed by atoms with Crippen molar-refractivity contribution in [3.8, 4) is 5.88 Å². The van der Waals surface area contributed by atoms with Gasteiger partial charge >= 0.3 is 0 Å². The lowest BCUT2D eigenvalue weighted by atomic mass is 10.2. The second-order valence-corrected chi connectivity index (χ2v) is 6.67. The largest absolute Gasteiger partial charge is 0.493 e. The monoisotopic (exact) mass is 383 g/mol. The summed E-state index contributed by atoms with van der Waals surface area (Å²) in [6.07, 6.45) is 0. The summed E-state index contributed by atoms with van der Waals surface area (Å²) in [5.41, 5.74) is 1.97. The summed E-state index contributed by atoms with van der Waals surface area (Å²) in [6, 6.07) is 14.4. The number of thiocarbonyl (C=S) groups is 1. The van der Waals surface area contributed by atoms with Gasteiger partial charge in [0.1, 0.15) is 5.82 Å². The average Bonchev–Trinajstić information content (AvgIpc) is 3.01. The van der Waals surface area contributed by atoms with Gasteiger partial charge in [-0.25, -0.2) is 4.39 Å². The Hall–Kier alpha value is -3.00. The number of nitrogens with zero attached hydrogens (tertiary/aromatic N) is 4. The lowest BCUT2D eigenvalue weighted by Crippen LogP contribution is -2.47. The molecule has 1 aliphatic rings. The van der Waals surface area contributed by atoms with Gasteiger partial charge in [0.15, 0.2) is 5.69 Å². The molecule has 0 saturated carbocycles. The van der Waals surface area contributed by atoms with E-state index in [-0.39, 0.29) is 11.6 Å². The van der Waals surface area contributed by atoms with Crippen molar-refractivity contribution in [1.82, 2.24) is 9.88 Å². The highest BCUT2D eigenvalue weighted by atomic mass is 32.1. The molecule has 1 saturated heterocycles. The number of aromatic hydroxyl groups is 1. The first kappa shape index (κ1) is 17.4. The number of fused-ring (bicyclic) bond motifs is 1. The highest BCUT2D eigenvalue weighted by molar-refractivity contribution is 7.80. The predicted octanol–water partition coefficient (Wildman–Crippen LogP) is 4.20. The summed E-state index contributed by atoms with van der Waals surface area (Å²) >= 11 is 5.38. The Morgan fingerprint density at radius 2 is 1.81 bits per heavy atom. The molecule has 8 heteroatoms. The van der Waals surface area contributed by atoms with Crippen LogP contribution in [0, 0.1) is 5.82 Å². The molecule has 2 N–H and O–H groups in total. The third-order valence-electron chi connectivity index (χ3n) is 4.62. The van der Waals surface area contributed by atoms with Crippen molar-refractivity contribution in [2.24, 2.45) is 10.2 Å². The van der Waals surface area contributed by atoms with Crippen LogP contribution in [-0.2, 0) is 0 Å². The van der Waals surface area contributed by atoms with E-state index in [0.29, 0.717) is 16.0 Å². The van der Waals surface area contributed by atoms with Gasteiger partial charge in [0.25, 0.3) is 0 Å². The van der Waals surface area contributed by atoms with E-state index >= 15 is 0 Å². The molecule has 6 nitrogen and oxygen atoms in total. The van der Waals surface area contributed by atoms with Gasteiger partial charge in [-0.15, -0.1) is 10.2 Å². The molecule has 0 spiro atoms. The number of nitrogens with one attached hydrogen (secondary N) is 1. The molecule has 1 aliphatic heterocycles. The Morgan fingerprint density at radius 3 is 2.56 bits per heavy atom. The van der Waals surface area contributed by atoms with Gasteiger partial charge in [0.05, 0.1) is 5.52 Å². The minimum atomic E-state index is -0.405. The topological polar surface area (TPSA) is 67.2 Å². The van der Waals surface area contributed by atoms with Gasteiger partial charge < -0.3 is 19.9 Å². The number of hydrogen-bond acceptors (Lipinski definition) is 4. The lowest BCUT2D eigenvalue weighted by Gasteiger charge is -2.36. The first-order valence-electron chi connectivity index (χ1n) is 8.62. The van der Waals surface area contributed by atoms with Crippen molar-refractivity contribution in [3.05, 3.63) is 54.3 Å². The molecule has 0 amide bonds. The fourth-order valence-corrected chi connectivity index (χ4v) is 3.41. The van der Waals surface area contributed by atoms with Crippen molar-refractivity contribution in [3.63, 3.8) is 0 Å². The fourth-order valence-electron chi connectivity index (χ4n) is 3.19. The zero-order chi connectivity index (χ0) is 18.8. The van der Waals surface area contributed by atoms with Crippen LogP contribution in [-0.4, -0.2) is 46.3 Å². The van der Waals surface area contributed by atoms with Crippen LogP contribution < -0.4 is 4.90 Å². The summed E-state index contributed by atoms with van der Waals surface area (Å²) in [5.74, 6) is -0.561. The van der Waals surface area contributed by atoms with Crippen molar-refractivity contribution >= 4 is 39.6 Å². The van der Waals surface area contributed by atoms with Crippen LogP contribution in [0.4, 0.5) is 15.8 Å². The lowest BCUT2D eigenvalue weighted by molar-refractivity contribution is 0.387. The van der Waals surface area contributed by atoms with Crippen LogP contribution in [0.25, 0.3) is 10.9 Å². The molecule has 138 valence electrons. The van der Waals surface area contributed by atoms with Gasteiger partial charge in [0.2, 0.25) is 11.0 Å². The van der Waals surface area contributed by atoms with Gasteiger partial charge in [-0.05, 0) is 42.5 Å². The van der Waals surface area contributed by atoms with E-state index in [1.165, 1.54) is 17.8 Å². The van der Waals surface area contributed by atoms with Crippen molar-refractivity contribution < 1.29 is 9.50 Å². The van der Waals surface area contributed by atoms with E-state index in [1.807, 2.05) is 23.1 Å². The third kappa shape index (κ3) is 3.61. The van der Waals surface area contributed by atoms with E-state index in [0.717, 1.165) is 26.2 Å². The van der Waals surface area contributed by atoms with E-state index in [9.17, 15) is 9.50 Å². The van der Waals surface area contributed by atoms with Crippen LogP contribution in [0.1, 0.15) is 0 Å². The Labute approximate surface area is 160 Å². The number of aromatic amines is 1. The molecule has 0 aliphatic carbocycles. The summed E-state index contributed by atoms with van der Waals surface area (Å²) in [6.45, 7) is 3.15. The van der Waals surface area contributed by atoms with Crippen molar-refractivity contribution in [2.45, 2.75) is 0 Å². The predicted molar refractivity (Wildman–Crippen MR) is 107 cm³/mol. The van der Waals surface area contributed by atoms with Crippen LogP contribution in [0.5, 0.6) is 5.88 Å². The van der Waals surface area contributed by atoms with E-state index in [4.69, 9.17) is 12.2 Å². The maximum atomic E-state index is 13.5. The molecular weight excluding hydrogens is 365 g/mol. The third-order valence-corrected chi connectivity index (χ3v) is 4.96. The number of piperazine rings is 1. The van der Waals surface area contributed by atoms with Crippen LogP contribution in [0.15, 0.2) is 58.8 Å². The van der Waals surface area contributed by atoms with Crippen LogP contribution >= 0.6 is 12.2 Å².